The highest BCUT2D eigenvalue weighted by atomic mass is 79.9. The van der Waals surface area contributed by atoms with Crippen molar-refractivity contribution in [3.05, 3.63) is 87.7 Å². The number of amides is 1. The largest absolute Gasteiger partial charge is 0.348 e. The van der Waals surface area contributed by atoms with Gasteiger partial charge in [0, 0.05) is 28.4 Å². The smallest absolute Gasteiger partial charge is 0.244 e. The number of para-hydroxylation sites is 1. The van der Waals surface area contributed by atoms with E-state index in [9.17, 15) is 4.79 Å². The molecule has 2 aromatic carbocycles. The van der Waals surface area contributed by atoms with Gasteiger partial charge in [0.25, 0.3) is 0 Å². The molecule has 0 saturated carbocycles. The normalized spacial score (nSPS) is 11.0. The van der Waals surface area contributed by atoms with E-state index in [-0.39, 0.29) is 5.91 Å². The minimum absolute atomic E-state index is 0.128. The van der Waals surface area contributed by atoms with Crippen LogP contribution < -0.4 is 5.32 Å². The highest BCUT2D eigenvalue weighted by Gasteiger charge is 2.12. The number of halogens is 1. The molecule has 0 saturated heterocycles. The van der Waals surface area contributed by atoms with Crippen molar-refractivity contribution in [2.75, 3.05) is 0 Å². The van der Waals surface area contributed by atoms with Crippen LogP contribution in [0.25, 0.3) is 11.8 Å². The van der Waals surface area contributed by atoms with Crippen molar-refractivity contribution in [3.63, 3.8) is 0 Å². The summed E-state index contributed by atoms with van der Waals surface area (Å²) in [6, 6.07) is 17.8. The van der Waals surface area contributed by atoms with Crippen molar-refractivity contribution in [2.45, 2.75) is 20.4 Å². The van der Waals surface area contributed by atoms with Crippen molar-refractivity contribution in [3.8, 4) is 5.69 Å². The monoisotopic (exact) mass is 409 g/mol. The molecule has 0 aliphatic heterocycles. The second-order valence-corrected chi connectivity index (χ2v) is 6.92. The molecule has 0 radical (unpaired) electrons. The van der Waals surface area contributed by atoms with Crippen LogP contribution in [0.15, 0.2) is 65.1 Å². The number of nitrogens with one attached hydrogen (secondary N) is 1. The molecule has 1 aromatic heterocycles. The number of aromatic nitrogens is 2. The third kappa shape index (κ3) is 4.29. The van der Waals surface area contributed by atoms with Crippen LogP contribution in [0.2, 0.25) is 0 Å². The van der Waals surface area contributed by atoms with Gasteiger partial charge in [-0.3, -0.25) is 4.79 Å². The summed E-state index contributed by atoms with van der Waals surface area (Å²) in [6.07, 6.45) is 3.35. The van der Waals surface area contributed by atoms with E-state index in [1.165, 1.54) is 0 Å². The molecule has 0 fully saturated rings. The third-order valence-electron chi connectivity index (χ3n) is 4.16. The number of carbonyl (C=O) groups is 1. The summed E-state index contributed by atoms with van der Waals surface area (Å²) in [7, 11) is 0. The summed E-state index contributed by atoms with van der Waals surface area (Å²) in [4.78, 5) is 12.1. The number of rotatable bonds is 5. The Hall–Kier alpha value is -2.66. The fourth-order valence-electron chi connectivity index (χ4n) is 2.77. The van der Waals surface area contributed by atoms with Gasteiger partial charge in [-0.2, -0.15) is 5.10 Å². The third-order valence-corrected chi connectivity index (χ3v) is 4.65. The minimum atomic E-state index is -0.128. The number of aryl methyl sites for hydroxylation is 1. The van der Waals surface area contributed by atoms with Gasteiger partial charge in [-0.15, -0.1) is 0 Å². The average Bonchev–Trinajstić information content (AvgIpc) is 2.93. The highest BCUT2D eigenvalue weighted by molar-refractivity contribution is 9.10. The van der Waals surface area contributed by atoms with E-state index in [1.807, 2.05) is 73.1 Å². The molecule has 1 amide bonds. The molecule has 0 unspecified atom stereocenters. The van der Waals surface area contributed by atoms with Gasteiger partial charge < -0.3 is 5.32 Å². The molecule has 0 spiro atoms. The molecule has 26 heavy (non-hydrogen) atoms. The zero-order valence-electron chi connectivity index (χ0n) is 14.7. The molecular weight excluding hydrogens is 390 g/mol. The minimum Gasteiger partial charge on any atom is -0.348 e. The Morgan fingerprint density at radius 2 is 1.92 bits per heavy atom. The second-order valence-electron chi connectivity index (χ2n) is 6.00. The van der Waals surface area contributed by atoms with E-state index < -0.39 is 0 Å². The number of benzene rings is 2. The van der Waals surface area contributed by atoms with E-state index in [4.69, 9.17) is 0 Å². The number of hydrogen-bond acceptors (Lipinski definition) is 2. The summed E-state index contributed by atoms with van der Waals surface area (Å²) in [5, 5.41) is 7.54. The van der Waals surface area contributed by atoms with Gasteiger partial charge in [-0.05, 0) is 49.8 Å². The fourth-order valence-corrected chi connectivity index (χ4v) is 3.18. The predicted molar refractivity (Wildman–Crippen MR) is 108 cm³/mol. The van der Waals surface area contributed by atoms with Crippen LogP contribution in [0.3, 0.4) is 0 Å². The molecule has 1 N–H and O–H groups in total. The summed E-state index contributed by atoms with van der Waals surface area (Å²) in [6.45, 7) is 4.43. The number of nitrogens with zero attached hydrogens (tertiary/aromatic N) is 2. The Labute approximate surface area is 161 Å². The summed E-state index contributed by atoms with van der Waals surface area (Å²) in [5.74, 6) is -0.128. The first kappa shape index (κ1) is 18.1. The number of carbonyl (C=O) groups excluding carboxylic acids is 1. The second kappa shape index (κ2) is 8.15. The zero-order valence-corrected chi connectivity index (χ0v) is 16.3. The van der Waals surface area contributed by atoms with Crippen LogP contribution in [-0.4, -0.2) is 15.7 Å². The van der Waals surface area contributed by atoms with Crippen molar-refractivity contribution < 1.29 is 4.79 Å². The van der Waals surface area contributed by atoms with E-state index in [2.05, 4.69) is 26.3 Å². The molecule has 0 atom stereocenters. The molecule has 132 valence electrons. The van der Waals surface area contributed by atoms with Gasteiger partial charge in [0.2, 0.25) is 5.91 Å². The zero-order chi connectivity index (χ0) is 18.5. The lowest BCUT2D eigenvalue weighted by Gasteiger charge is -2.06. The first-order chi connectivity index (χ1) is 12.5. The van der Waals surface area contributed by atoms with Crippen LogP contribution >= 0.6 is 15.9 Å². The lowest BCUT2D eigenvalue weighted by atomic mass is 10.2. The first-order valence-electron chi connectivity index (χ1n) is 8.36. The molecule has 3 aromatic rings. The SMILES string of the molecule is Cc1nn(-c2ccccc2)c(C)c1CNC(=O)/C=C/c1cccc(Br)c1. The van der Waals surface area contributed by atoms with Gasteiger partial charge in [-0.25, -0.2) is 4.68 Å². The molecule has 0 aliphatic carbocycles. The maximum Gasteiger partial charge on any atom is 0.244 e. The lowest BCUT2D eigenvalue weighted by molar-refractivity contribution is -0.116. The van der Waals surface area contributed by atoms with Crippen molar-refractivity contribution in [1.82, 2.24) is 15.1 Å². The standard InChI is InChI=1S/C21H20BrN3O/c1-15-20(16(2)25(24-15)19-9-4-3-5-10-19)14-23-21(26)12-11-17-7-6-8-18(22)13-17/h3-13H,14H2,1-2H3,(H,23,26)/b12-11+. The summed E-state index contributed by atoms with van der Waals surface area (Å²) in [5.41, 5.74) is 4.98. The van der Waals surface area contributed by atoms with Crippen molar-refractivity contribution in [1.29, 1.82) is 0 Å². The Morgan fingerprint density at radius 3 is 2.65 bits per heavy atom. The van der Waals surface area contributed by atoms with Gasteiger partial charge in [0.05, 0.1) is 11.4 Å². The summed E-state index contributed by atoms with van der Waals surface area (Å²) < 4.78 is 2.90. The van der Waals surface area contributed by atoms with Crippen LogP contribution in [-0.2, 0) is 11.3 Å². The molecular formula is C21H20BrN3O. The van der Waals surface area contributed by atoms with Crippen molar-refractivity contribution >= 4 is 27.9 Å². The van der Waals surface area contributed by atoms with Crippen LogP contribution in [0.4, 0.5) is 0 Å². The predicted octanol–water partition coefficient (Wildman–Crippen LogP) is 4.58. The Kier molecular flexibility index (Phi) is 5.68. The van der Waals surface area contributed by atoms with E-state index >= 15 is 0 Å². The Morgan fingerprint density at radius 1 is 1.15 bits per heavy atom. The van der Waals surface area contributed by atoms with E-state index in [0.717, 1.165) is 32.7 Å². The van der Waals surface area contributed by atoms with Crippen LogP contribution in [0.1, 0.15) is 22.5 Å². The summed E-state index contributed by atoms with van der Waals surface area (Å²) >= 11 is 3.42. The van der Waals surface area contributed by atoms with Gasteiger partial charge in [0.1, 0.15) is 0 Å². The molecule has 1 heterocycles. The first-order valence-corrected chi connectivity index (χ1v) is 9.16. The topological polar surface area (TPSA) is 46.9 Å². The maximum absolute atomic E-state index is 12.1. The van der Waals surface area contributed by atoms with Crippen LogP contribution in [0.5, 0.6) is 0 Å². The van der Waals surface area contributed by atoms with Crippen LogP contribution in [0, 0.1) is 13.8 Å². The van der Waals surface area contributed by atoms with E-state index in [1.54, 1.807) is 12.2 Å². The van der Waals surface area contributed by atoms with E-state index in [0.29, 0.717) is 6.54 Å². The average molecular weight is 410 g/mol. The maximum atomic E-state index is 12.1. The quantitative estimate of drug-likeness (QED) is 0.626. The van der Waals surface area contributed by atoms with Gasteiger partial charge in [-0.1, -0.05) is 46.3 Å². The molecule has 4 nitrogen and oxygen atoms in total. The highest BCUT2D eigenvalue weighted by Crippen LogP contribution is 2.17. The Bertz CT molecular complexity index is 945. The Balaban J connectivity index is 1.68. The number of hydrogen-bond donors (Lipinski definition) is 1. The lowest BCUT2D eigenvalue weighted by Crippen LogP contribution is -2.21. The van der Waals surface area contributed by atoms with Gasteiger partial charge >= 0.3 is 0 Å². The fraction of sp³-hybridized carbons (Fsp3) is 0.143. The molecule has 5 heteroatoms. The van der Waals surface area contributed by atoms with Crippen molar-refractivity contribution in [2.24, 2.45) is 0 Å². The molecule has 3 rings (SSSR count). The molecule has 0 bridgehead atoms. The molecule has 0 aliphatic rings. The van der Waals surface area contributed by atoms with Gasteiger partial charge in [0.15, 0.2) is 0 Å².